The Balaban J connectivity index is 2.14. The lowest BCUT2D eigenvalue weighted by atomic mass is 10.0. The van der Waals surface area contributed by atoms with Crippen LogP contribution in [0.1, 0.15) is 13.8 Å². The Hall–Kier alpha value is -2.14. The number of aromatic amines is 1. The van der Waals surface area contributed by atoms with Crippen molar-refractivity contribution in [2.24, 2.45) is 11.7 Å². The SMILES string of the molecule is CC(N)C(C)C(=O)Nc1cccc(-c2ccn[nH]2)c1. The fourth-order valence-electron chi connectivity index (χ4n) is 1.68. The molecule has 0 bridgehead atoms. The van der Waals surface area contributed by atoms with Gasteiger partial charge in [-0.3, -0.25) is 9.89 Å². The van der Waals surface area contributed by atoms with E-state index < -0.39 is 0 Å². The van der Waals surface area contributed by atoms with Crippen LogP contribution in [0.25, 0.3) is 11.3 Å². The minimum atomic E-state index is -0.226. The van der Waals surface area contributed by atoms with E-state index in [1.54, 1.807) is 6.20 Å². The van der Waals surface area contributed by atoms with Gasteiger partial charge in [0, 0.05) is 23.5 Å². The molecule has 2 unspecified atom stereocenters. The minimum absolute atomic E-state index is 0.0724. The zero-order valence-electron chi connectivity index (χ0n) is 11.1. The maximum absolute atomic E-state index is 11.9. The molecule has 2 rings (SSSR count). The van der Waals surface area contributed by atoms with Crippen molar-refractivity contribution in [2.45, 2.75) is 19.9 Å². The summed E-state index contributed by atoms with van der Waals surface area (Å²) in [4.78, 5) is 11.9. The van der Waals surface area contributed by atoms with Crippen LogP contribution in [0.4, 0.5) is 5.69 Å². The molecule has 0 radical (unpaired) electrons. The Morgan fingerprint density at radius 2 is 2.16 bits per heavy atom. The number of benzene rings is 1. The van der Waals surface area contributed by atoms with Crippen LogP contribution in [0.3, 0.4) is 0 Å². The van der Waals surface area contributed by atoms with Gasteiger partial charge in [0.1, 0.15) is 0 Å². The summed E-state index contributed by atoms with van der Waals surface area (Å²) in [5, 5.41) is 9.68. The van der Waals surface area contributed by atoms with E-state index in [2.05, 4.69) is 15.5 Å². The quantitative estimate of drug-likeness (QED) is 0.784. The lowest BCUT2D eigenvalue weighted by Gasteiger charge is -2.15. The van der Waals surface area contributed by atoms with E-state index in [-0.39, 0.29) is 17.9 Å². The van der Waals surface area contributed by atoms with E-state index in [4.69, 9.17) is 5.73 Å². The number of hydrogen-bond donors (Lipinski definition) is 3. The third kappa shape index (κ3) is 3.20. The number of nitrogens with one attached hydrogen (secondary N) is 2. The van der Waals surface area contributed by atoms with Gasteiger partial charge in [0.05, 0.1) is 11.6 Å². The molecular formula is C14H18N4O. The summed E-state index contributed by atoms with van der Waals surface area (Å²) >= 11 is 0. The van der Waals surface area contributed by atoms with Crippen molar-refractivity contribution in [1.29, 1.82) is 0 Å². The number of carbonyl (C=O) groups is 1. The molecule has 0 saturated carbocycles. The van der Waals surface area contributed by atoms with Crippen molar-refractivity contribution in [3.05, 3.63) is 36.5 Å². The predicted octanol–water partition coefficient (Wildman–Crippen LogP) is 2.00. The topological polar surface area (TPSA) is 83.8 Å². The smallest absolute Gasteiger partial charge is 0.228 e. The molecule has 0 spiro atoms. The fourth-order valence-corrected chi connectivity index (χ4v) is 1.68. The van der Waals surface area contributed by atoms with Crippen molar-refractivity contribution in [3.63, 3.8) is 0 Å². The van der Waals surface area contributed by atoms with Crippen LogP contribution >= 0.6 is 0 Å². The monoisotopic (exact) mass is 258 g/mol. The Morgan fingerprint density at radius 1 is 1.37 bits per heavy atom. The molecule has 5 heteroatoms. The Labute approximate surface area is 112 Å². The number of nitrogens with zero attached hydrogens (tertiary/aromatic N) is 1. The molecule has 2 aromatic rings. The Bertz CT molecular complexity index is 548. The number of nitrogens with two attached hydrogens (primary N) is 1. The minimum Gasteiger partial charge on any atom is -0.327 e. The second kappa shape index (κ2) is 5.67. The van der Waals surface area contributed by atoms with Gasteiger partial charge in [-0.2, -0.15) is 5.10 Å². The molecule has 1 aromatic heterocycles. The third-order valence-electron chi connectivity index (χ3n) is 3.14. The number of aromatic nitrogens is 2. The van der Waals surface area contributed by atoms with Crippen molar-refractivity contribution < 1.29 is 4.79 Å². The van der Waals surface area contributed by atoms with Crippen LogP contribution in [0.15, 0.2) is 36.5 Å². The molecule has 0 aliphatic rings. The molecule has 0 saturated heterocycles. The summed E-state index contributed by atoms with van der Waals surface area (Å²) in [6.07, 6.45) is 1.69. The molecule has 1 amide bonds. The number of carbonyl (C=O) groups excluding carboxylic acids is 1. The lowest BCUT2D eigenvalue weighted by molar-refractivity contribution is -0.119. The van der Waals surface area contributed by atoms with Crippen LogP contribution in [0.2, 0.25) is 0 Å². The summed E-state index contributed by atoms with van der Waals surface area (Å²) in [5.41, 5.74) is 8.37. The second-order valence-corrected chi connectivity index (χ2v) is 4.69. The number of hydrogen-bond acceptors (Lipinski definition) is 3. The van der Waals surface area contributed by atoms with Crippen molar-refractivity contribution in [3.8, 4) is 11.3 Å². The number of H-pyrrole nitrogens is 1. The molecule has 0 aliphatic heterocycles. The maximum Gasteiger partial charge on any atom is 0.228 e. The number of amides is 1. The van der Waals surface area contributed by atoms with Gasteiger partial charge < -0.3 is 11.1 Å². The molecule has 0 aliphatic carbocycles. The summed E-state index contributed by atoms with van der Waals surface area (Å²) in [6, 6.07) is 9.31. The van der Waals surface area contributed by atoms with Crippen molar-refractivity contribution in [2.75, 3.05) is 5.32 Å². The van der Waals surface area contributed by atoms with Gasteiger partial charge in [0.2, 0.25) is 5.91 Å². The fraction of sp³-hybridized carbons (Fsp3) is 0.286. The zero-order valence-corrected chi connectivity index (χ0v) is 11.1. The van der Waals surface area contributed by atoms with E-state index in [0.29, 0.717) is 0 Å². The standard InChI is InChI=1S/C14H18N4O/c1-9(10(2)15)14(19)17-12-5-3-4-11(8-12)13-6-7-16-18-13/h3-10H,15H2,1-2H3,(H,16,18)(H,17,19). The van der Waals surface area contributed by atoms with E-state index in [9.17, 15) is 4.79 Å². The molecule has 1 heterocycles. The van der Waals surface area contributed by atoms with E-state index in [1.165, 1.54) is 0 Å². The van der Waals surface area contributed by atoms with Crippen LogP contribution in [0, 0.1) is 5.92 Å². The van der Waals surface area contributed by atoms with E-state index in [0.717, 1.165) is 16.9 Å². The first-order valence-electron chi connectivity index (χ1n) is 6.24. The second-order valence-electron chi connectivity index (χ2n) is 4.69. The first-order valence-corrected chi connectivity index (χ1v) is 6.24. The van der Waals surface area contributed by atoms with Gasteiger partial charge in [-0.25, -0.2) is 0 Å². The van der Waals surface area contributed by atoms with Gasteiger partial charge in [-0.1, -0.05) is 19.1 Å². The number of anilines is 1. The highest BCUT2D eigenvalue weighted by Crippen LogP contribution is 2.20. The average molecular weight is 258 g/mol. The van der Waals surface area contributed by atoms with Gasteiger partial charge in [-0.05, 0) is 25.1 Å². The Morgan fingerprint density at radius 3 is 2.79 bits per heavy atom. The highest BCUT2D eigenvalue weighted by atomic mass is 16.1. The third-order valence-corrected chi connectivity index (χ3v) is 3.14. The first kappa shape index (κ1) is 13.3. The maximum atomic E-state index is 11.9. The van der Waals surface area contributed by atoms with Crippen molar-refractivity contribution >= 4 is 11.6 Å². The average Bonchev–Trinajstić information content (AvgIpc) is 2.91. The zero-order chi connectivity index (χ0) is 13.8. The highest BCUT2D eigenvalue weighted by Gasteiger charge is 2.17. The molecule has 2 atom stereocenters. The summed E-state index contributed by atoms with van der Waals surface area (Å²) in [7, 11) is 0. The highest BCUT2D eigenvalue weighted by molar-refractivity contribution is 5.93. The number of rotatable bonds is 4. The molecular weight excluding hydrogens is 240 g/mol. The van der Waals surface area contributed by atoms with E-state index in [1.807, 2.05) is 44.2 Å². The van der Waals surface area contributed by atoms with Gasteiger partial charge >= 0.3 is 0 Å². The molecule has 100 valence electrons. The molecule has 0 fully saturated rings. The van der Waals surface area contributed by atoms with Crippen LogP contribution in [0.5, 0.6) is 0 Å². The molecule has 1 aromatic carbocycles. The molecule has 19 heavy (non-hydrogen) atoms. The first-order chi connectivity index (χ1) is 9.08. The van der Waals surface area contributed by atoms with Crippen LogP contribution < -0.4 is 11.1 Å². The van der Waals surface area contributed by atoms with Crippen LogP contribution in [-0.2, 0) is 4.79 Å². The van der Waals surface area contributed by atoms with Gasteiger partial charge in [0.25, 0.3) is 0 Å². The van der Waals surface area contributed by atoms with Crippen LogP contribution in [-0.4, -0.2) is 22.1 Å². The predicted molar refractivity (Wildman–Crippen MR) is 75.5 cm³/mol. The largest absolute Gasteiger partial charge is 0.327 e. The normalized spacial score (nSPS) is 13.8. The van der Waals surface area contributed by atoms with Gasteiger partial charge in [0.15, 0.2) is 0 Å². The molecule has 4 N–H and O–H groups in total. The summed E-state index contributed by atoms with van der Waals surface area (Å²) in [6.45, 7) is 3.64. The van der Waals surface area contributed by atoms with Crippen molar-refractivity contribution in [1.82, 2.24) is 10.2 Å². The summed E-state index contributed by atoms with van der Waals surface area (Å²) < 4.78 is 0. The Kier molecular flexibility index (Phi) is 3.97. The summed E-state index contributed by atoms with van der Waals surface area (Å²) in [5.74, 6) is -0.299. The molecule has 5 nitrogen and oxygen atoms in total. The van der Waals surface area contributed by atoms with Gasteiger partial charge in [-0.15, -0.1) is 0 Å². The lowest BCUT2D eigenvalue weighted by Crippen LogP contribution is -2.34. The van der Waals surface area contributed by atoms with E-state index >= 15 is 0 Å².